The van der Waals surface area contributed by atoms with Crippen LogP contribution in [0.3, 0.4) is 0 Å². The van der Waals surface area contributed by atoms with Crippen molar-refractivity contribution < 1.29 is 14.6 Å². The fourth-order valence-electron chi connectivity index (χ4n) is 4.94. The van der Waals surface area contributed by atoms with Gasteiger partial charge in [0.15, 0.2) is 0 Å². The number of ether oxygens (including phenoxy) is 1. The average Bonchev–Trinajstić information content (AvgIpc) is 3.34. The first-order valence-electron chi connectivity index (χ1n) is 11.7. The number of nitrogens with zero attached hydrogens (tertiary/aromatic N) is 2. The maximum absolute atomic E-state index is 11.6. The smallest absolute Gasteiger partial charge is 0.303 e. The van der Waals surface area contributed by atoms with Crippen LogP contribution in [-0.2, 0) is 11.2 Å². The summed E-state index contributed by atoms with van der Waals surface area (Å²) in [5.74, 6) is 1.77. The molecule has 0 amide bonds. The van der Waals surface area contributed by atoms with Crippen LogP contribution in [0, 0.1) is 11.8 Å². The molecule has 34 heavy (non-hydrogen) atoms. The normalized spacial score (nSPS) is 18.9. The Kier molecular flexibility index (Phi) is 9.11. The number of carboxylic acids is 1. The topological polar surface area (TPSA) is 62.7 Å². The van der Waals surface area contributed by atoms with Crippen molar-refractivity contribution in [1.82, 2.24) is 9.88 Å². The van der Waals surface area contributed by atoms with Gasteiger partial charge in [0, 0.05) is 36.8 Å². The summed E-state index contributed by atoms with van der Waals surface area (Å²) in [6, 6.07) is 10.1. The van der Waals surface area contributed by atoms with E-state index in [0.717, 1.165) is 73.3 Å². The molecule has 0 aliphatic carbocycles. The molecule has 1 aromatic carbocycles. The summed E-state index contributed by atoms with van der Waals surface area (Å²) in [5.41, 5.74) is 2.01. The minimum atomic E-state index is -0.694. The van der Waals surface area contributed by atoms with Crippen LogP contribution in [0.2, 0.25) is 5.02 Å². The summed E-state index contributed by atoms with van der Waals surface area (Å²) in [5, 5.41) is 13.3. The largest absolute Gasteiger partial charge is 0.497 e. The number of aliphatic carboxylic acids is 1. The fourth-order valence-corrected chi connectivity index (χ4v) is 7.05. The summed E-state index contributed by atoms with van der Waals surface area (Å²) < 4.78 is 6.74. The molecule has 0 bridgehead atoms. The van der Waals surface area contributed by atoms with Crippen LogP contribution >= 0.6 is 34.7 Å². The number of piperidine rings is 1. The number of likely N-dealkylation sites (tertiary alicyclic amines) is 1. The molecular formula is C26H31ClN2O3S2. The minimum Gasteiger partial charge on any atom is -0.497 e. The molecule has 4 rings (SSSR count). The third-order valence-electron chi connectivity index (χ3n) is 6.70. The third-order valence-corrected chi connectivity index (χ3v) is 9.13. The van der Waals surface area contributed by atoms with E-state index in [9.17, 15) is 9.90 Å². The van der Waals surface area contributed by atoms with Gasteiger partial charge in [-0.1, -0.05) is 17.7 Å². The van der Waals surface area contributed by atoms with E-state index < -0.39 is 5.97 Å². The van der Waals surface area contributed by atoms with E-state index in [1.54, 1.807) is 24.6 Å². The predicted molar refractivity (Wildman–Crippen MR) is 142 cm³/mol. The van der Waals surface area contributed by atoms with Crippen LogP contribution in [0.15, 0.2) is 46.1 Å². The molecule has 3 heterocycles. The second kappa shape index (κ2) is 12.2. The summed E-state index contributed by atoms with van der Waals surface area (Å²) in [6.45, 7) is 2.92. The Morgan fingerprint density at radius 2 is 2.24 bits per heavy atom. The molecule has 1 saturated heterocycles. The van der Waals surface area contributed by atoms with Crippen LogP contribution in [0.25, 0.3) is 10.9 Å². The van der Waals surface area contributed by atoms with Gasteiger partial charge in [0.2, 0.25) is 0 Å². The molecule has 2 atom stereocenters. The Labute approximate surface area is 214 Å². The Morgan fingerprint density at radius 3 is 3.00 bits per heavy atom. The van der Waals surface area contributed by atoms with Crippen LogP contribution in [0.4, 0.5) is 0 Å². The zero-order chi connectivity index (χ0) is 23.9. The van der Waals surface area contributed by atoms with E-state index in [1.165, 1.54) is 4.21 Å². The first-order chi connectivity index (χ1) is 16.5. The third kappa shape index (κ3) is 6.66. The maximum atomic E-state index is 11.6. The lowest BCUT2D eigenvalue weighted by molar-refractivity contribution is -0.139. The number of aromatic nitrogens is 1. The van der Waals surface area contributed by atoms with Crippen molar-refractivity contribution in [2.45, 2.75) is 36.3 Å². The first-order valence-corrected chi connectivity index (χ1v) is 14.0. The number of hydrogen-bond donors (Lipinski definition) is 1. The number of thiophene rings is 1. The molecule has 2 aromatic heterocycles. The summed E-state index contributed by atoms with van der Waals surface area (Å²) >= 11 is 10.2. The molecule has 1 N–H and O–H groups in total. The maximum Gasteiger partial charge on any atom is 0.303 e. The fraction of sp³-hybridized carbons (Fsp3) is 0.462. The number of pyridine rings is 1. The van der Waals surface area contributed by atoms with E-state index in [1.807, 2.05) is 30.0 Å². The molecule has 182 valence electrons. The number of methoxy groups -OCH3 is 1. The minimum absolute atomic E-state index is 0.197. The molecule has 1 fully saturated rings. The van der Waals surface area contributed by atoms with Gasteiger partial charge >= 0.3 is 5.97 Å². The number of halogens is 1. The monoisotopic (exact) mass is 518 g/mol. The number of carbonyl (C=O) groups is 1. The molecule has 3 aromatic rings. The van der Waals surface area contributed by atoms with Crippen molar-refractivity contribution in [3.05, 3.63) is 52.5 Å². The molecule has 0 saturated carbocycles. The van der Waals surface area contributed by atoms with Gasteiger partial charge in [0.25, 0.3) is 0 Å². The number of thioether (sulfide) groups is 1. The number of benzene rings is 1. The van der Waals surface area contributed by atoms with Gasteiger partial charge < -0.3 is 14.7 Å². The second-order valence-corrected chi connectivity index (χ2v) is 11.6. The molecule has 0 unspecified atom stereocenters. The van der Waals surface area contributed by atoms with Crippen LogP contribution in [-0.4, -0.2) is 53.5 Å². The highest BCUT2D eigenvalue weighted by atomic mass is 35.5. The summed E-state index contributed by atoms with van der Waals surface area (Å²) in [7, 11) is 1.66. The Morgan fingerprint density at radius 1 is 1.35 bits per heavy atom. The van der Waals surface area contributed by atoms with E-state index in [0.29, 0.717) is 10.9 Å². The number of aryl methyl sites for hydroxylation is 1. The molecular weight excluding hydrogens is 488 g/mol. The van der Waals surface area contributed by atoms with Crippen molar-refractivity contribution in [2.24, 2.45) is 11.8 Å². The van der Waals surface area contributed by atoms with Gasteiger partial charge in [0.05, 0.1) is 21.9 Å². The zero-order valence-electron chi connectivity index (χ0n) is 19.4. The van der Waals surface area contributed by atoms with Crippen molar-refractivity contribution in [1.29, 1.82) is 0 Å². The van der Waals surface area contributed by atoms with Gasteiger partial charge in [0.1, 0.15) is 5.75 Å². The zero-order valence-corrected chi connectivity index (χ0v) is 21.8. The van der Waals surface area contributed by atoms with Crippen LogP contribution < -0.4 is 4.74 Å². The number of rotatable bonds is 11. The SMILES string of the molecule is COc1ccc2ncc(Cl)c(CCC[C@@H]3CCN(CCSc4cccs4)C[C@H]3CC(=O)O)c2c1. The summed E-state index contributed by atoms with van der Waals surface area (Å²) in [6.07, 6.45) is 5.87. The predicted octanol–water partition coefficient (Wildman–Crippen LogP) is 6.49. The Balaban J connectivity index is 1.34. The van der Waals surface area contributed by atoms with Gasteiger partial charge in [-0.05, 0) is 79.3 Å². The standard InChI is InChI=1S/C26H31ClN2O3S2/c1-32-20-7-8-24-22(15-20)21(23(27)16-28-24)5-2-4-18-9-10-29(17-19(18)14-25(30)31)11-13-34-26-6-3-12-33-26/h3,6-8,12,15-16,18-19H,2,4-5,9-11,13-14,17H2,1H3,(H,30,31)/t18-,19-/m1/s1. The van der Waals surface area contributed by atoms with E-state index in [2.05, 4.69) is 27.4 Å². The van der Waals surface area contributed by atoms with Crippen LogP contribution in [0.1, 0.15) is 31.2 Å². The average molecular weight is 519 g/mol. The Bertz CT molecular complexity index is 1090. The lowest BCUT2D eigenvalue weighted by atomic mass is 9.80. The molecule has 1 aliphatic rings. The van der Waals surface area contributed by atoms with E-state index in [4.69, 9.17) is 16.3 Å². The van der Waals surface area contributed by atoms with Gasteiger partial charge in [-0.3, -0.25) is 9.78 Å². The molecule has 1 aliphatic heterocycles. The van der Waals surface area contributed by atoms with Crippen molar-refractivity contribution in [3.8, 4) is 5.75 Å². The Hall–Kier alpha value is -1.80. The molecule has 8 heteroatoms. The quantitative estimate of drug-likeness (QED) is 0.293. The first kappa shape index (κ1) is 25.3. The number of carboxylic acid groups (broad SMARTS) is 1. The molecule has 0 spiro atoms. The van der Waals surface area contributed by atoms with Gasteiger partial charge in [-0.2, -0.15) is 0 Å². The number of fused-ring (bicyclic) bond motifs is 1. The van der Waals surface area contributed by atoms with Crippen molar-refractivity contribution in [2.75, 3.05) is 32.5 Å². The number of hydrogen-bond acceptors (Lipinski definition) is 6. The highest BCUT2D eigenvalue weighted by Crippen LogP contribution is 2.33. The van der Waals surface area contributed by atoms with Crippen molar-refractivity contribution in [3.63, 3.8) is 0 Å². The van der Waals surface area contributed by atoms with Gasteiger partial charge in [-0.25, -0.2) is 0 Å². The highest BCUT2D eigenvalue weighted by Gasteiger charge is 2.30. The second-order valence-electron chi connectivity index (χ2n) is 8.85. The van der Waals surface area contributed by atoms with Crippen molar-refractivity contribution >= 4 is 51.6 Å². The van der Waals surface area contributed by atoms with E-state index in [-0.39, 0.29) is 12.3 Å². The lowest BCUT2D eigenvalue weighted by Crippen LogP contribution is -2.42. The lowest BCUT2D eigenvalue weighted by Gasteiger charge is -2.38. The summed E-state index contributed by atoms with van der Waals surface area (Å²) in [4.78, 5) is 18.5. The highest BCUT2D eigenvalue weighted by molar-refractivity contribution is 8.01. The van der Waals surface area contributed by atoms with E-state index >= 15 is 0 Å². The van der Waals surface area contributed by atoms with Gasteiger partial charge in [-0.15, -0.1) is 23.1 Å². The molecule has 5 nitrogen and oxygen atoms in total. The molecule has 0 radical (unpaired) electrons. The van der Waals surface area contributed by atoms with Crippen LogP contribution in [0.5, 0.6) is 5.75 Å².